The number of hydrogen-bond donors (Lipinski definition) is 2. The van der Waals surface area contributed by atoms with Crippen molar-refractivity contribution in [1.82, 2.24) is 10.3 Å². The number of nitrogens with one attached hydrogen (secondary N) is 2. The molecule has 0 saturated heterocycles. The van der Waals surface area contributed by atoms with Crippen LogP contribution in [0.2, 0.25) is 0 Å². The van der Waals surface area contributed by atoms with Crippen LogP contribution in [0.15, 0.2) is 18.2 Å². The van der Waals surface area contributed by atoms with Gasteiger partial charge in [0.25, 0.3) is 0 Å². The highest BCUT2D eigenvalue weighted by Gasteiger charge is 2.12. The summed E-state index contributed by atoms with van der Waals surface area (Å²) in [5.74, 6) is 1.17. The fraction of sp³-hybridized carbons (Fsp3) is 0.538. The summed E-state index contributed by atoms with van der Waals surface area (Å²) in [6.07, 6.45) is 0.927. The van der Waals surface area contributed by atoms with E-state index in [4.69, 9.17) is 4.74 Å². The molecule has 1 heterocycles. The molecule has 1 aromatic rings. The summed E-state index contributed by atoms with van der Waals surface area (Å²) < 4.78 is 5.30. The summed E-state index contributed by atoms with van der Waals surface area (Å²) in [6.45, 7) is 6.99. The number of nitrogens with zero attached hydrogens (tertiary/aromatic N) is 1. The van der Waals surface area contributed by atoms with E-state index in [0.29, 0.717) is 24.8 Å². The predicted molar refractivity (Wildman–Crippen MR) is 71.8 cm³/mol. The first-order chi connectivity index (χ1) is 8.67. The SMILES string of the molecule is CCCNC(=O)C(C)Nc1cccc(OCC)n1. The molecule has 0 aliphatic rings. The highest BCUT2D eigenvalue weighted by molar-refractivity contribution is 5.83. The second kappa shape index (κ2) is 7.53. The molecule has 1 unspecified atom stereocenters. The van der Waals surface area contributed by atoms with E-state index >= 15 is 0 Å². The smallest absolute Gasteiger partial charge is 0.242 e. The van der Waals surface area contributed by atoms with Crippen LogP contribution in [0.5, 0.6) is 5.88 Å². The van der Waals surface area contributed by atoms with Gasteiger partial charge in [-0.05, 0) is 26.3 Å². The van der Waals surface area contributed by atoms with Gasteiger partial charge in [-0.3, -0.25) is 4.79 Å². The van der Waals surface area contributed by atoms with E-state index in [1.54, 1.807) is 13.0 Å². The van der Waals surface area contributed by atoms with Gasteiger partial charge >= 0.3 is 0 Å². The Bertz CT molecular complexity index is 382. The van der Waals surface area contributed by atoms with Crippen molar-refractivity contribution in [1.29, 1.82) is 0 Å². The van der Waals surface area contributed by atoms with E-state index in [2.05, 4.69) is 15.6 Å². The molecule has 100 valence electrons. The third-order valence-corrected chi connectivity index (χ3v) is 2.32. The number of hydrogen-bond acceptors (Lipinski definition) is 4. The molecule has 0 aliphatic heterocycles. The zero-order valence-electron chi connectivity index (χ0n) is 11.2. The van der Waals surface area contributed by atoms with E-state index in [9.17, 15) is 4.79 Å². The summed E-state index contributed by atoms with van der Waals surface area (Å²) in [7, 11) is 0. The molecule has 0 aromatic carbocycles. The van der Waals surface area contributed by atoms with Crippen molar-refractivity contribution in [2.45, 2.75) is 33.2 Å². The number of ether oxygens (including phenoxy) is 1. The highest BCUT2D eigenvalue weighted by Crippen LogP contribution is 2.12. The lowest BCUT2D eigenvalue weighted by molar-refractivity contribution is -0.121. The monoisotopic (exact) mass is 251 g/mol. The normalized spacial score (nSPS) is 11.7. The van der Waals surface area contributed by atoms with Gasteiger partial charge in [0.15, 0.2) is 0 Å². The Morgan fingerprint density at radius 2 is 2.22 bits per heavy atom. The molecular formula is C13H21N3O2. The highest BCUT2D eigenvalue weighted by atomic mass is 16.5. The second-order valence-corrected chi connectivity index (χ2v) is 3.95. The number of aromatic nitrogens is 1. The first kappa shape index (κ1) is 14.3. The fourth-order valence-electron chi connectivity index (χ4n) is 1.41. The Labute approximate surface area is 108 Å². The van der Waals surface area contributed by atoms with Crippen molar-refractivity contribution in [3.8, 4) is 5.88 Å². The van der Waals surface area contributed by atoms with Crippen molar-refractivity contribution in [3.63, 3.8) is 0 Å². The lowest BCUT2D eigenvalue weighted by Gasteiger charge is -2.14. The molecule has 0 aliphatic carbocycles. The van der Waals surface area contributed by atoms with E-state index in [0.717, 1.165) is 6.42 Å². The molecule has 1 aromatic heterocycles. The van der Waals surface area contributed by atoms with Crippen LogP contribution in [0.1, 0.15) is 27.2 Å². The maximum absolute atomic E-state index is 11.7. The molecule has 1 atom stereocenters. The predicted octanol–water partition coefficient (Wildman–Crippen LogP) is 1.81. The first-order valence-electron chi connectivity index (χ1n) is 6.31. The van der Waals surface area contributed by atoms with Gasteiger partial charge in [0.1, 0.15) is 11.9 Å². The number of amides is 1. The van der Waals surface area contributed by atoms with Crippen LogP contribution in [-0.4, -0.2) is 30.1 Å². The largest absolute Gasteiger partial charge is 0.478 e. The Balaban J connectivity index is 2.55. The van der Waals surface area contributed by atoms with Gasteiger partial charge in [-0.2, -0.15) is 4.98 Å². The van der Waals surface area contributed by atoms with E-state index in [1.807, 2.05) is 26.0 Å². The average Bonchev–Trinajstić information content (AvgIpc) is 2.36. The Morgan fingerprint density at radius 3 is 2.89 bits per heavy atom. The van der Waals surface area contributed by atoms with Gasteiger partial charge < -0.3 is 15.4 Å². The molecule has 5 nitrogen and oxygen atoms in total. The summed E-state index contributed by atoms with van der Waals surface area (Å²) in [6, 6.07) is 5.13. The van der Waals surface area contributed by atoms with Crippen LogP contribution in [0.4, 0.5) is 5.82 Å². The van der Waals surface area contributed by atoms with E-state index < -0.39 is 0 Å². The van der Waals surface area contributed by atoms with Crippen LogP contribution < -0.4 is 15.4 Å². The minimum absolute atomic E-state index is 0.0273. The van der Waals surface area contributed by atoms with Crippen LogP contribution in [0, 0.1) is 0 Å². The molecule has 2 N–H and O–H groups in total. The lowest BCUT2D eigenvalue weighted by atomic mass is 10.3. The van der Waals surface area contributed by atoms with Crippen molar-refractivity contribution in [3.05, 3.63) is 18.2 Å². The summed E-state index contributed by atoms with van der Waals surface area (Å²) in [5, 5.41) is 5.88. The number of rotatable bonds is 7. The van der Waals surface area contributed by atoms with Gasteiger partial charge in [0, 0.05) is 12.6 Å². The molecule has 0 spiro atoms. The van der Waals surface area contributed by atoms with Gasteiger partial charge in [-0.15, -0.1) is 0 Å². The molecule has 5 heteroatoms. The molecule has 1 rings (SSSR count). The molecule has 0 fully saturated rings. The number of anilines is 1. The van der Waals surface area contributed by atoms with Gasteiger partial charge in [-0.25, -0.2) is 0 Å². The van der Waals surface area contributed by atoms with Gasteiger partial charge in [0.2, 0.25) is 11.8 Å². The zero-order chi connectivity index (χ0) is 13.4. The quantitative estimate of drug-likeness (QED) is 0.775. The molecule has 18 heavy (non-hydrogen) atoms. The summed E-state index contributed by atoms with van der Waals surface area (Å²) >= 11 is 0. The van der Waals surface area contributed by atoms with Crippen LogP contribution >= 0.6 is 0 Å². The van der Waals surface area contributed by atoms with Crippen molar-refractivity contribution in [2.24, 2.45) is 0 Å². The minimum atomic E-state index is -0.319. The van der Waals surface area contributed by atoms with Crippen molar-refractivity contribution < 1.29 is 9.53 Å². The Kier molecular flexibility index (Phi) is 5.97. The summed E-state index contributed by atoms with van der Waals surface area (Å²) in [4.78, 5) is 15.9. The minimum Gasteiger partial charge on any atom is -0.478 e. The third kappa shape index (κ3) is 4.61. The maximum atomic E-state index is 11.7. The maximum Gasteiger partial charge on any atom is 0.242 e. The number of carbonyl (C=O) groups is 1. The fourth-order valence-corrected chi connectivity index (χ4v) is 1.41. The molecular weight excluding hydrogens is 230 g/mol. The standard InChI is InChI=1S/C13H21N3O2/c1-4-9-14-13(17)10(3)15-11-7-6-8-12(16-11)18-5-2/h6-8,10H,4-5,9H2,1-3H3,(H,14,17)(H,15,16). The molecule has 0 bridgehead atoms. The number of carbonyl (C=O) groups excluding carboxylic acids is 1. The molecule has 1 amide bonds. The van der Waals surface area contributed by atoms with Crippen LogP contribution in [-0.2, 0) is 4.79 Å². The van der Waals surface area contributed by atoms with Gasteiger partial charge in [0.05, 0.1) is 6.61 Å². The van der Waals surface area contributed by atoms with Crippen LogP contribution in [0.25, 0.3) is 0 Å². The summed E-state index contributed by atoms with van der Waals surface area (Å²) in [5.41, 5.74) is 0. The third-order valence-electron chi connectivity index (χ3n) is 2.32. The number of pyridine rings is 1. The topological polar surface area (TPSA) is 63.2 Å². The second-order valence-electron chi connectivity index (χ2n) is 3.95. The van der Waals surface area contributed by atoms with E-state index in [-0.39, 0.29) is 11.9 Å². The molecule has 0 saturated carbocycles. The Hall–Kier alpha value is -1.78. The molecule has 0 radical (unpaired) electrons. The zero-order valence-corrected chi connectivity index (χ0v) is 11.2. The average molecular weight is 251 g/mol. The van der Waals surface area contributed by atoms with E-state index in [1.165, 1.54) is 0 Å². The Morgan fingerprint density at radius 1 is 1.44 bits per heavy atom. The van der Waals surface area contributed by atoms with Gasteiger partial charge in [-0.1, -0.05) is 13.0 Å². The van der Waals surface area contributed by atoms with Crippen molar-refractivity contribution >= 4 is 11.7 Å². The first-order valence-corrected chi connectivity index (χ1v) is 6.31. The van der Waals surface area contributed by atoms with Crippen LogP contribution in [0.3, 0.4) is 0 Å². The van der Waals surface area contributed by atoms with Crippen molar-refractivity contribution in [2.75, 3.05) is 18.5 Å². The lowest BCUT2D eigenvalue weighted by Crippen LogP contribution is -2.38.